The van der Waals surface area contributed by atoms with Crippen molar-refractivity contribution in [3.63, 3.8) is 0 Å². The van der Waals surface area contributed by atoms with Crippen LogP contribution in [0.1, 0.15) is 11.1 Å². The number of aryl methyl sites for hydroxylation is 1. The largest absolute Gasteiger partial charge is 0.271 e. The maximum Gasteiger partial charge on any atom is 0.124 e. The van der Waals surface area contributed by atoms with Crippen LogP contribution in [0.2, 0.25) is 0 Å². The molecule has 0 bridgehead atoms. The lowest BCUT2D eigenvalue weighted by Crippen LogP contribution is -2.38. The molecule has 1 unspecified atom stereocenters. The summed E-state index contributed by atoms with van der Waals surface area (Å²) in [4.78, 5) is 0.867. The molecule has 0 aromatic heterocycles. The van der Waals surface area contributed by atoms with Gasteiger partial charge in [-0.25, -0.2) is 8.78 Å². The molecule has 0 aliphatic heterocycles. The lowest BCUT2D eigenvalue weighted by Gasteiger charge is -2.17. The Hall–Kier alpha value is -1.43. The molecule has 0 aliphatic rings. The Morgan fingerprint density at radius 1 is 1.14 bits per heavy atom. The van der Waals surface area contributed by atoms with Gasteiger partial charge in [0, 0.05) is 16.7 Å². The van der Waals surface area contributed by atoms with Crippen LogP contribution in [0, 0.1) is 18.6 Å². The topological polar surface area (TPSA) is 38.0 Å². The second kappa shape index (κ2) is 7.54. The van der Waals surface area contributed by atoms with Gasteiger partial charge >= 0.3 is 0 Å². The van der Waals surface area contributed by atoms with Gasteiger partial charge in [0.1, 0.15) is 11.6 Å². The van der Waals surface area contributed by atoms with Crippen molar-refractivity contribution in [1.82, 2.24) is 5.43 Å². The highest BCUT2D eigenvalue weighted by molar-refractivity contribution is 7.99. The van der Waals surface area contributed by atoms with Gasteiger partial charge in [0.25, 0.3) is 0 Å². The van der Waals surface area contributed by atoms with Crippen LogP contribution in [0.25, 0.3) is 0 Å². The van der Waals surface area contributed by atoms with E-state index in [0.717, 1.165) is 16.0 Å². The Balaban J connectivity index is 1.97. The Morgan fingerprint density at radius 2 is 1.90 bits per heavy atom. The van der Waals surface area contributed by atoms with Crippen LogP contribution in [-0.2, 0) is 6.42 Å². The highest BCUT2D eigenvalue weighted by Gasteiger charge is 2.11. The monoisotopic (exact) mass is 308 g/mol. The molecule has 0 amide bonds. The van der Waals surface area contributed by atoms with Gasteiger partial charge in [-0.3, -0.25) is 11.3 Å². The Labute approximate surface area is 127 Å². The summed E-state index contributed by atoms with van der Waals surface area (Å²) in [5.74, 6) is 5.81. The van der Waals surface area contributed by atoms with Gasteiger partial charge in [0.05, 0.1) is 0 Å². The van der Waals surface area contributed by atoms with Gasteiger partial charge in [-0.05, 0) is 54.8 Å². The van der Waals surface area contributed by atoms with Gasteiger partial charge in [0.15, 0.2) is 0 Å². The van der Waals surface area contributed by atoms with Crippen LogP contribution in [0.3, 0.4) is 0 Å². The van der Waals surface area contributed by atoms with Crippen molar-refractivity contribution in [3.05, 3.63) is 65.2 Å². The molecule has 0 saturated heterocycles. The van der Waals surface area contributed by atoms with Gasteiger partial charge < -0.3 is 0 Å². The molecule has 0 spiro atoms. The zero-order valence-electron chi connectivity index (χ0n) is 11.8. The average molecular weight is 308 g/mol. The van der Waals surface area contributed by atoms with E-state index in [1.165, 1.54) is 36.0 Å². The summed E-state index contributed by atoms with van der Waals surface area (Å²) >= 11 is 1.54. The van der Waals surface area contributed by atoms with Crippen molar-refractivity contribution in [1.29, 1.82) is 0 Å². The number of benzene rings is 2. The third-order valence-corrected chi connectivity index (χ3v) is 4.41. The van der Waals surface area contributed by atoms with E-state index in [1.54, 1.807) is 12.1 Å². The molecule has 5 heteroatoms. The minimum absolute atomic E-state index is 0.0300. The van der Waals surface area contributed by atoms with E-state index in [2.05, 4.69) is 5.43 Å². The Bertz CT molecular complexity index is 605. The SMILES string of the molecule is Cc1cc(F)ccc1CC(CSc1cccc(F)c1)NN. The molecule has 21 heavy (non-hydrogen) atoms. The fourth-order valence-electron chi connectivity index (χ4n) is 2.07. The third-order valence-electron chi connectivity index (χ3n) is 3.25. The molecule has 0 saturated carbocycles. The number of rotatable bonds is 6. The normalized spacial score (nSPS) is 12.4. The number of nitrogens with two attached hydrogens (primary N) is 1. The van der Waals surface area contributed by atoms with Gasteiger partial charge in [-0.15, -0.1) is 11.8 Å². The summed E-state index contributed by atoms with van der Waals surface area (Å²) in [6, 6.07) is 11.3. The first kappa shape index (κ1) is 15.9. The number of halogens is 2. The second-order valence-corrected chi connectivity index (χ2v) is 6.00. The van der Waals surface area contributed by atoms with Gasteiger partial charge in [0.2, 0.25) is 0 Å². The number of hydrogen-bond acceptors (Lipinski definition) is 3. The number of nitrogens with one attached hydrogen (secondary N) is 1. The molecule has 1 atom stereocenters. The minimum atomic E-state index is -0.244. The van der Waals surface area contributed by atoms with Crippen LogP contribution in [0.5, 0.6) is 0 Å². The van der Waals surface area contributed by atoms with Crippen molar-refractivity contribution >= 4 is 11.8 Å². The first-order valence-corrected chi connectivity index (χ1v) is 7.66. The fourth-order valence-corrected chi connectivity index (χ4v) is 3.05. The molecule has 3 N–H and O–H groups in total. The van der Waals surface area contributed by atoms with E-state index in [1.807, 2.05) is 13.0 Å². The molecule has 112 valence electrons. The van der Waals surface area contributed by atoms with Gasteiger partial charge in [-0.2, -0.15) is 0 Å². The van der Waals surface area contributed by atoms with Crippen LogP contribution in [-0.4, -0.2) is 11.8 Å². The molecule has 2 nitrogen and oxygen atoms in total. The summed E-state index contributed by atoms with van der Waals surface area (Å²) in [5, 5.41) is 0. The summed E-state index contributed by atoms with van der Waals surface area (Å²) in [5.41, 5.74) is 4.73. The van der Waals surface area contributed by atoms with E-state index in [0.29, 0.717) is 12.2 Å². The van der Waals surface area contributed by atoms with E-state index in [9.17, 15) is 8.78 Å². The van der Waals surface area contributed by atoms with Crippen LogP contribution in [0.4, 0.5) is 8.78 Å². The Morgan fingerprint density at radius 3 is 2.57 bits per heavy atom. The molecule has 2 aromatic rings. The van der Waals surface area contributed by atoms with E-state index < -0.39 is 0 Å². The highest BCUT2D eigenvalue weighted by atomic mass is 32.2. The first-order valence-electron chi connectivity index (χ1n) is 6.68. The van der Waals surface area contributed by atoms with Crippen LogP contribution >= 0.6 is 11.8 Å². The van der Waals surface area contributed by atoms with E-state index >= 15 is 0 Å². The lowest BCUT2D eigenvalue weighted by atomic mass is 10.0. The van der Waals surface area contributed by atoms with Crippen molar-refractivity contribution < 1.29 is 8.78 Å². The standard InChI is InChI=1S/C16H18F2N2S/c1-11-7-14(18)6-5-12(11)8-15(20-19)10-21-16-4-2-3-13(17)9-16/h2-7,9,15,20H,8,10,19H2,1H3. The van der Waals surface area contributed by atoms with Crippen molar-refractivity contribution in [2.75, 3.05) is 5.75 Å². The zero-order valence-corrected chi connectivity index (χ0v) is 12.6. The molecule has 0 fully saturated rings. The molecule has 2 aromatic carbocycles. The first-order chi connectivity index (χ1) is 10.1. The van der Waals surface area contributed by atoms with Crippen molar-refractivity contribution in [3.8, 4) is 0 Å². The molecule has 0 heterocycles. The average Bonchev–Trinajstić information content (AvgIpc) is 2.45. The predicted molar refractivity (Wildman–Crippen MR) is 83.1 cm³/mol. The quantitative estimate of drug-likeness (QED) is 0.488. The number of hydrazine groups is 1. The number of hydrogen-bond donors (Lipinski definition) is 2. The maximum absolute atomic E-state index is 13.1. The number of thioether (sulfide) groups is 1. The fraction of sp³-hybridized carbons (Fsp3) is 0.250. The molecule has 0 radical (unpaired) electrons. The molecule has 0 aliphatic carbocycles. The second-order valence-electron chi connectivity index (χ2n) is 4.91. The van der Waals surface area contributed by atoms with E-state index in [-0.39, 0.29) is 17.7 Å². The summed E-state index contributed by atoms with van der Waals surface area (Å²) in [6.07, 6.45) is 0.699. The highest BCUT2D eigenvalue weighted by Crippen LogP contribution is 2.21. The molecule has 2 rings (SSSR count). The Kier molecular flexibility index (Phi) is 5.73. The third kappa shape index (κ3) is 4.81. The van der Waals surface area contributed by atoms with Crippen molar-refractivity contribution in [2.45, 2.75) is 24.3 Å². The predicted octanol–water partition coefficient (Wildman–Crippen LogP) is 3.44. The molecular weight excluding hydrogens is 290 g/mol. The van der Waals surface area contributed by atoms with E-state index in [4.69, 9.17) is 5.84 Å². The van der Waals surface area contributed by atoms with Gasteiger partial charge in [-0.1, -0.05) is 12.1 Å². The summed E-state index contributed by atoms with van der Waals surface area (Å²) < 4.78 is 26.2. The minimum Gasteiger partial charge on any atom is -0.271 e. The lowest BCUT2D eigenvalue weighted by molar-refractivity contribution is 0.572. The van der Waals surface area contributed by atoms with Crippen LogP contribution < -0.4 is 11.3 Å². The summed E-state index contributed by atoms with van der Waals surface area (Å²) in [7, 11) is 0. The smallest absolute Gasteiger partial charge is 0.124 e. The molecular formula is C16H18F2N2S. The zero-order chi connectivity index (χ0) is 15.2. The summed E-state index contributed by atoms with van der Waals surface area (Å²) in [6.45, 7) is 1.88. The van der Waals surface area contributed by atoms with Crippen LogP contribution in [0.15, 0.2) is 47.4 Å². The van der Waals surface area contributed by atoms with Crippen molar-refractivity contribution in [2.24, 2.45) is 5.84 Å². The maximum atomic E-state index is 13.1.